The number of hydrogen-bond donors (Lipinski definition) is 2. The van der Waals surface area contributed by atoms with Crippen molar-refractivity contribution in [1.29, 1.82) is 0 Å². The third kappa shape index (κ3) is 1.98. The fraction of sp³-hybridized carbons (Fsp3) is 0.400. The zero-order chi connectivity index (χ0) is 11.8. The van der Waals surface area contributed by atoms with E-state index in [-0.39, 0.29) is 0 Å². The van der Waals surface area contributed by atoms with Gasteiger partial charge in [0.1, 0.15) is 0 Å². The molecule has 6 heteroatoms. The number of para-hydroxylation sites is 1. The molecular formula is C10H11Cl3N2O. The number of nitrogens with one attached hydrogen (secondary N) is 1. The molecule has 1 fully saturated rings. The molecule has 0 aromatic heterocycles. The van der Waals surface area contributed by atoms with Gasteiger partial charge in [-0.05, 0) is 12.1 Å². The SMILES string of the molecule is O[C@]1(C(Cl)(Cl)Cl)NCCN1c1ccccc1. The molecule has 1 saturated heterocycles. The van der Waals surface area contributed by atoms with Gasteiger partial charge in [0, 0.05) is 18.8 Å². The summed E-state index contributed by atoms with van der Waals surface area (Å²) >= 11 is 17.4. The van der Waals surface area contributed by atoms with E-state index in [9.17, 15) is 5.11 Å². The van der Waals surface area contributed by atoms with E-state index in [0.29, 0.717) is 13.1 Å². The van der Waals surface area contributed by atoms with E-state index in [1.807, 2.05) is 30.3 Å². The summed E-state index contributed by atoms with van der Waals surface area (Å²) in [5, 5.41) is 13.2. The van der Waals surface area contributed by atoms with Crippen molar-refractivity contribution in [2.75, 3.05) is 18.0 Å². The van der Waals surface area contributed by atoms with Crippen molar-refractivity contribution in [2.24, 2.45) is 0 Å². The third-order valence-electron chi connectivity index (χ3n) is 2.56. The highest BCUT2D eigenvalue weighted by atomic mass is 35.6. The van der Waals surface area contributed by atoms with Crippen molar-refractivity contribution in [2.45, 2.75) is 9.64 Å². The van der Waals surface area contributed by atoms with Gasteiger partial charge >= 0.3 is 0 Å². The van der Waals surface area contributed by atoms with Crippen molar-refractivity contribution in [3.05, 3.63) is 30.3 Å². The molecule has 0 aliphatic carbocycles. The number of benzene rings is 1. The molecule has 1 aliphatic rings. The minimum Gasteiger partial charge on any atom is -0.355 e. The van der Waals surface area contributed by atoms with Gasteiger partial charge in [0.05, 0.1) is 0 Å². The highest BCUT2D eigenvalue weighted by Gasteiger charge is 2.54. The second kappa shape index (κ2) is 4.24. The van der Waals surface area contributed by atoms with Gasteiger partial charge in [0.25, 0.3) is 3.79 Å². The molecule has 1 atom stereocenters. The Morgan fingerprint density at radius 3 is 2.44 bits per heavy atom. The number of halogens is 3. The van der Waals surface area contributed by atoms with Crippen molar-refractivity contribution in [3.8, 4) is 0 Å². The molecule has 1 aliphatic heterocycles. The molecule has 0 radical (unpaired) electrons. The first-order valence-corrected chi connectivity index (χ1v) is 5.95. The Balaban J connectivity index is 2.35. The van der Waals surface area contributed by atoms with Crippen LogP contribution in [-0.2, 0) is 0 Å². The van der Waals surface area contributed by atoms with Crippen LogP contribution in [0.3, 0.4) is 0 Å². The van der Waals surface area contributed by atoms with Gasteiger partial charge in [-0.25, -0.2) is 0 Å². The molecule has 3 nitrogen and oxygen atoms in total. The predicted molar refractivity (Wildman–Crippen MR) is 67.0 cm³/mol. The summed E-state index contributed by atoms with van der Waals surface area (Å²) in [4.78, 5) is 1.64. The number of nitrogens with zero attached hydrogens (tertiary/aromatic N) is 1. The summed E-state index contributed by atoms with van der Waals surface area (Å²) in [6.07, 6.45) is 0. The topological polar surface area (TPSA) is 35.5 Å². The fourth-order valence-electron chi connectivity index (χ4n) is 1.78. The lowest BCUT2D eigenvalue weighted by atomic mass is 10.2. The van der Waals surface area contributed by atoms with E-state index in [1.165, 1.54) is 0 Å². The van der Waals surface area contributed by atoms with Gasteiger partial charge in [-0.1, -0.05) is 53.0 Å². The van der Waals surface area contributed by atoms with Crippen LogP contribution in [0.2, 0.25) is 0 Å². The van der Waals surface area contributed by atoms with Gasteiger partial charge in [0.2, 0.25) is 5.85 Å². The number of hydrogen-bond acceptors (Lipinski definition) is 3. The van der Waals surface area contributed by atoms with Crippen LogP contribution in [-0.4, -0.2) is 27.8 Å². The average molecular weight is 282 g/mol. The highest BCUT2D eigenvalue weighted by Crippen LogP contribution is 2.42. The minimum atomic E-state index is -1.82. The van der Waals surface area contributed by atoms with E-state index in [1.54, 1.807) is 4.90 Å². The van der Waals surface area contributed by atoms with Gasteiger partial charge in [0.15, 0.2) is 0 Å². The first kappa shape index (κ1) is 12.3. The molecule has 0 spiro atoms. The number of alkyl halides is 3. The Hall–Kier alpha value is -0.190. The van der Waals surface area contributed by atoms with Crippen molar-refractivity contribution < 1.29 is 5.11 Å². The molecule has 2 N–H and O–H groups in total. The van der Waals surface area contributed by atoms with Gasteiger partial charge in [-0.3, -0.25) is 5.32 Å². The standard InChI is InChI=1S/C10H11Cl3N2O/c11-9(12,13)10(16)14-6-7-15(10)8-4-2-1-3-5-8/h1-5,14,16H,6-7H2/t10-/m1/s1. The molecule has 1 heterocycles. The van der Waals surface area contributed by atoms with Crippen LogP contribution < -0.4 is 10.2 Å². The molecule has 2 rings (SSSR count). The van der Waals surface area contributed by atoms with E-state index in [0.717, 1.165) is 5.69 Å². The maximum atomic E-state index is 10.4. The lowest BCUT2D eigenvalue weighted by molar-refractivity contribution is 0.0321. The maximum Gasteiger partial charge on any atom is 0.252 e. The van der Waals surface area contributed by atoms with Crippen LogP contribution in [0.25, 0.3) is 0 Å². The summed E-state index contributed by atoms with van der Waals surface area (Å²) in [7, 11) is 0. The van der Waals surface area contributed by atoms with Gasteiger partial charge < -0.3 is 10.0 Å². The predicted octanol–water partition coefficient (Wildman–Crippen LogP) is 2.11. The Labute approximate surface area is 109 Å². The summed E-state index contributed by atoms with van der Waals surface area (Å²) < 4.78 is -1.82. The summed E-state index contributed by atoms with van der Waals surface area (Å²) in [6, 6.07) is 9.34. The Morgan fingerprint density at radius 2 is 1.88 bits per heavy atom. The zero-order valence-corrected chi connectivity index (χ0v) is 10.6. The first-order valence-electron chi connectivity index (χ1n) is 4.82. The number of rotatable bonds is 1. The van der Waals surface area contributed by atoms with E-state index < -0.39 is 9.64 Å². The molecule has 0 bridgehead atoms. The van der Waals surface area contributed by atoms with Crippen LogP contribution in [0.5, 0.6) is 0 Å². The molecule has 88 valence electrons. The number of anilines is 1. The van der Waals surface area contributed by atoms with Crippen LogP contribution in [0, 0.1) is 0 Å². The lowest BCUT2D eigenvalue weighted by Gasteiger charge is -2.39. The van der Waals surface area contributed by atoms with Gasteiger partial charge in [-0.15, -0.1) is 0 Å². The fourth-order valence-corrected chi connectivity index (χ4v) is 2.28. The number of aliphatic hydroxyl groups is 1. The summed E-state index contributed by atoms with van der Waals surface area (Å²) in [5.41, 5.74) is 0.807. The van der Waals surface area contributed by atoms with Crippen LogP contribution >= 0.6 is 34.8 Å². The van der Waals surface area contributed by atoms with Crippen LogP contribution in [0.4, 0.5) is 5.69 Å². The monoisotopic (exact) mass is 280 g/mol. The lowest BCUT2D eigenvalue weighted by Crippen LogP contribution is -2.61. The third-order valence-corrected chi connectivity index (χ3v) is 3.35. The zero-order valence-electron chi connectivity index (χ0n) is 8.33. The van der Waals surface area contributed by atoms with Crippen LogP contribution in [0.15, 0.2) is 30.3 Å². The second-order valence-corrected chi connectivity index (χ2v) is 5.87. The maximum absolute atomic E-state index is 10.4. The smallest absolute Gasteiger partial charge is 0.252 e. The molecule has 0 saturated carbocycles. The molecule has 16 heavy (non-hydrogen) atoms. The van der Waals surface area contributed by atoms with Crippen molar-refractivity contribution in [1.82, 2.24) is 5.32 Å². The summed E-state index contributed by atoms with van der Waals surface area (Å²) in [5.74, 6) is -1.67. The Kier molecular flexibility index (Phi) is 3.25. The summed E-state index contributed by atoms with van der Waals surface area (Å²) in [6.45, 7) is 1.13. The molecule has 1 aromatic carbocycles. The van der Waals surface area contributed by atoms with Crippen molar-refractivity contribution in [3.63, 3.8) is 0 Å². The van der Waals surface area contributed by atoms with E-state index in [2.05, 4.69) is 5.32 Å². The molecule has 1 aromatic rings. The molecular weight excluding hydrogens is 270 g/mol. The quantitative estimate of drug-likeness (QED) is 0.774. The van der Waals surface area contributed by atoms with E-state index >= 15 is 0 Å². The van der Waals surface area contributed by atoms with Crippen molar-refractivity contribution >= 4 is 40.5 Å². The van der Waals surface area contributed by atoms with Gasteiger partial charge in [-0.2, -0.15) is 0 Å². The normalized spacial score (nSPS) is 26.1. The Bertz CT molecular complexity index is 368. The molecule has 0 amide bonds. The highest BCUT2D eigenvalue weighted by molar-refractivity contribution is 6.68. The van der Waals surface area contributed by atoms with E-state index in [4.69, 9.17) is 34.8 Å². The van der Waals surface area contributed by atoms with Crippen LogP contribution in [0.1, 0.15) is 0 Å². The molecule has 0 unspecified atom stereocenters. The second-order valence-electron chi connectivity index (χ2n) is 3.58. The average Bonchev–Trinajstić information content (AvgIpc) is 2.62. The first-order chi connectivity index (χ1) is 7.45. The minimum absolute atomic E-state index is 0.555. The Morgan fingerprint density at radius 1 is 1.25 bits per heavy atom. The largest absolute Gasteiger partial charge is 0.355 e.